The van der Waals surface area contributed by atoms with Crippen molar-refractivity contribution in [1.82, 2.24) is 4.98 Å². The molecule has 24 heavy (non-hydrogen) atoms. The number of aromatic nitrogens is 1. The van der Waals surface area contributed by atoms with Crippen molar-refractivity contribution in [2.24, 2.45) is 0 Å². The van der Waals surface area contributed by atoms with Crippen molar-refractivity contribution >= 4 is 0 Å². The van der Waals surface area contributed by atoms with Crippen molar-refractivity contribution in [2.45, 2.75) is 13.2 Å². The van der Waals surface area contributed by atoms with Gasteiger partial charge in [0.25, 0.3) is 0 Å². The van der Waals surface area contributed by atoms with Crippen LogP contribution in [0.1, 0.15) is 11.1 Å². The molecule has 4 nitrogen and oxygen atoms in total. The molecule has 0 aliphatic rings. The van der Waals surface area contributed by atoms with E-state index in [1.807, 2.05) is 54.6 Å². The lowest BCUT2D eigenvalue weighted by Gasteiger charge is -2.12. The van der Waals surface area contributed by atoms with E-state index in [-0.39, 0.29) is 6.61 Å². The topological polar surface area (TPSA) is 51.6 Å². The van der Waals surface area contributed by atoms with Gasteiger partial charge in [0, 0.05) is 18.0 Å². The zero-order valence-corrected chi connectivity index (χ0v) is 13.5. The Hall–Kier alpha value is -2.85. The van der Waals surface area contributed by atoms with Gasteiger partial charge in [-0.25, -0.2) is 0 Å². The summed E-state index contributed by atoms with van der Waals surface area (Å²) < 4.78 is 11.3. The van der Waals surface area contributed by atoms with Gasteiger partial charge in [-0.15, -0.1) is 0 Å². The van der Waals surface area contributed by atoms with Gasteiger partial charge in [0.2, 0.25) is 0 Å². The van der Waals surface area contributed by atoms with Crippen LogP contribution in [0.25, 0.3) is 11.1 Å². The number of ether oxygens (including phenoxy) is 2. The molecule has 0 aliphatic carbocycles. The molecule has 1 aromatic heterocycles. The molecule has 3 aromatic rings. The second-order valence-corrected chi connectivity index (χ2v) is 5.37. The van der Waals surface area contributed by atoms with Crippen molar-refractivity contribution in [1.29, 1.82) is 0 Å². The first-order valence-corrected chi connectivity index (χ1v) is 7.70. The second-order valence-electron chi connectivity index (χ2n) is 5.37. The Morgan fingerprint density at radius 3 is 2.58 bits per heavy atom. The molecule has 0 saturated heterocycles. The van der Waals surface area contributed by atoms with Crippen LogP contribution in [0.3, 0.4) is 0 Å². The van der Waals surface area contributed by atoms with Gasteiger partial charge in [-0.1, -0.05) is 30.3 Å². The highest BCUT2D eigenvalue weighted by molar-refractivity contribution is 5.71. The number of benzene rings is 2. The molecule has 122 valence electrons. The lowest BCUT2D eigenvalue weighted by molar-refractivity contribution is 0.278. The van der Waals surface area contributed by atoms with E-state index in [4.69, 9.17) is 9.47 Å². The average Bonchev–Trinajstić information content (AvgIpc) is 2.66. The molecule has 1 heterocycles. The third-order valence-corrected chi connectivity index (χ3v) is 3.71. The minimum atomic E-state index is -0.0574. The van der Waals surface area contributed by atoms with Gasteiger partial charge in [-0.3, -0.25) is 4.98 Å². The van der Waals surface area contributed by atoms with Gasteiger partial charge in [0.1, 0.15) is 18.1 Å². The number of nitrogens with zero attached hydrogens (tertiary/aromatic N) is 1. The van der Waals surface area contributed by atoms with E-state index < -0.39 is 0 Å². The summed E-state index contributed by atoms with van der Waals surface area (Å²) in [6.07, 6.45) is 3.43. The molecule has 0 aliphatic heterocycles. The molecule has 0 unspecified atom stereocenters. The summed E-state index contributed by atoms with van der Waals surface area (Å²) in [5.41, 5.74) is 3.63. The lowest BCUT2D eigenvalue weighted by atomic mass is 10.0. The minimum absolute atomic E-state index is 0.0574. The summed E-state index contributed by atoms with van der Waals surface area (Å²) in [5, 5.41) is 9.54. The normalized spacial score (nSPS) is 10.4. The number of hydrogen-bond donors (Lipinski definition) is 1. The Labute approximate surface area is 141 Å². The summed E-state index contributed by atoms with van der Waals surface area (Å²) in [4.78, 5) is 4.17. The fraction of sp³-hybridized carbons (Fsp3) is 0.150. The monoisotopic (exact) mass is 321 g/mol. The fourth-order valence-corrected chi connectivity index (χ4v) is 2.51. The van der Waals surface area contributed by atoms with Crippen LogP contribution in [0.2, 0.25) is 0 Å². The van der Waals surface area contributed by atoms with Gasteiger partial charge in [-0.05, 0) is 41.0 Å². The molecule has 0 radical (unpaired) electrons. The smallest absolute Gasteiger partial charge is 0.129 e. The van der Waals surface area contributed by atoms with E-state index in [1.165, 1.54) is 0 Å². The number of pyridine rings is 1. The molecule has 4 heteroatoms. The Balaban J connectivity index is 1.90. The van der Waals surface area contributed by atoms with Crippen LogP contribution in [0.5, 0.6) is 11.5 Å². The first kappa shape index (κ1) is 16.0. The molecule has 0 saturated carbocycles. The van der Waals surface area contributed by atoms with E-state index in [1.54, 1.807) is 19.5 Å². The lowest BCUT2D eigenvalue weighted by Crippen LogP contribution is -1.97. The molecule has 0 bridgehead atoms. The molecule has 0 fully saturated rings. The van der Waals surface area contributed by atoms with Crippen LogP contribution in [-0.2, 0) is 13.2 Å². The van der Waals surface area contributed by atoms with Crippen molar-refractivity contribution in [2.75, 3.05) is 7.11 Å². The Morgan fingerprint density at radius 2 is 1.83 bits per heavy atom. The number of methoxy groups -OCH3 is 1. The van der Waals surface area contributed by atoms with E-state index in [2.05, 4.69) is 4.98 Å². The highest BCUT2D eigenvalue weighted by Gasteiger charge is 2.09. The Morgan fingerprint density at radius 1 is 1.00 bits per heavy atom. The maximum Gasteiger partial charge on any atom is 0.129 e. The van der Waals surface area contributed by atoms with Gasteiger partial charge in [-0.2, -0.15) is 0 Å². The number of aliphatic hydroxyl groups is 1. The van der Waals surface area contributed by atoms with E-state index >= 15 is 0 Å². The standard InChI is InChI=1S/C20H19NO3/c1-23-20-7-8-21-12-19(20)17-9-16(13-22)10-18(11-17)24-14-15-5-3-2-4-6-15/h2-12,22H,13-14H2,1H3. The fourth-order valence-electron chi connectivity index (χ4n) is 2.51. The predicted octanol–water partition coefficient (Wildman–Crippen LogP) is 3.83. The number of hydrogen-bond acceptors (Lipinski definition) is 4. The molecular formula is C20H19NO3. The SMILES string of the molecule is COc1ccncc1-c1cc(CO)cc(OCc2ccccc2)c1. The van der Waals surface area contributed by atoms with Crippen LogP contribution < -0.4 is 9.47 Å². The van der Waals surface area contributed by atoms with Crippen molar-refractivity contribution in [3.63, 3.8) is 0 Å². The maximum absolute atomic E-state index is 9.54. The van der Waals surface area contributed by atoms with Crippen molar-refractivity contribution in [3.8, 4) is 22.6 Å². The van der Waals surface area contributed by atoms with Gasteiger partial charge in [0.15, 0.2) is 0 Å². The zero-order chi connectivity index (χ0) is 16.8. The summed E-state index contributed by atoms with van der Waals surface area (Å²) >= 11 is 0. The average molecular weight is 321 g/mol. The molecule has 0 atom stereocenters. The van der Waals surface area contributed by atoms with E-state index in [0.29, 0.717) is 12.4 Å². The third-order valence-electron chi connectivity index (χ3n) is 3.71. The highest BCUT2D eigenvalue weighted by atomic mass is 16.5. The highest BCUT2D eigenvalue weighted by Crippen LogP contribution is 2.32. The summed E-state index contributed by atoms with van der Waals surface area (Å²) in [6, 6.07) is 17.5. The van der Waals surface area contributed by atoms with E-state index in [0.717, 1.165) is 28.0 Å². The quantitative estimate of drug-likeness (QED) is 0.750. The first-order valence-electron chi connectivity index (χ1n) is 7.70. The van der Waals surface area contributed by atoms with Crippen LogP contribution in [-0.4, -0.2) is 17.2 Å². The second kappa shape index (κ2) is 7.62. The number of rotatable bonds is 6. The molecule has 0 spiro atoms. The molecule has 3 rings (SSSR count). The van der Waals surface area contributed by atoms with Gasteiger partial charge >= 0.3 is 0 Å². The van der Waals surface area contributed by atoms with Crippen LogP contribution in [0, 0.1) is 0 Å². The van der Waals surface area contributed by atoms with Crippen LogP contribution >= 0.6 is 0 Å². The van der Waals surface area contributed by atoms with Crippen molar-refractivity contribution in [3.05, 3.63) is 78.1 Å². The number of aliphatic hydroxyl groups excluding tert-OH is 1. The predicted molar refractivity (Wildman–Crippen MR) is 92.9 cm³/mol. The summed E-state index contributed by atoms with van der Waals surface area (Å²) in [5.74, 6) is 1.43. The van der Waals surface area contributed by atoms with Crippen LogP contribution in [0.15, 0.2) is 67.0 Å². The third kappa shape index (κ3) is 3.73. The Bertz CT molecular complexity index is 803. The molecule has 2 aromatic carbocycles. The van der Waals surface area contributed by atoms with Gasteiger partial charge < -0.3 is 14.6 Å². The molecule has 1 N–H and O–H groups in total. The van der Waals surface area contributed by atoms with Crippen molar-refractivity contribution < 1.29 is 14.6 Å². The molecule has 0 amide bonds. The first-order chi connectivity index (χ1) is 11.8. The Kier molecular flexibility index (Phi) is 5.08. The largest absolute Gasteiger partial charge is 0.496 e. The van der Waals surface area contributed by atoms with Crippen LogP contribution in [0.4, 0.5) is 0 Å². The molecular weight excluding hydrogens is 302 g/mol. The summed E-state index contributed by atoms with van der Waals surface area (Å²) in [7, 11) is 1.63. The zero-order valence-electron chi connectivity index (χ0n) is 13.5. The summed E-state index contributed by atoms with van der Waals surface area (Å²) in [6.45, 7) is 0.414. The minimum Gasteiger partial charge on any atom is -0.496 e. The van der Waals surface area contributed by atoms with Gasteiger partial charge in [0.05, 0.1) is 13.7 Å². The maximum atomic E-state index is 9.54. The van der Waals surface area contributed by atoms with E-state index in [9.17, 15) is 5.11 Å².